The van der Waals surface area contributed by atoms with Crippen molar-refractivity contribution in [3.8, 4) is 0 Å². The smallest absolute Gasteiger partial charge is 0.222 e. The van der Waals surface area contributed by atoms with Crippen molar-refractivity contribution >= 4 is 5.91 Å². The Morgan fingerprint density at radius 2 is 2.11 bits per heavy atom. The van der Waals surface area contributed by atoms with Crippen molar-refractivity contribution in [2.24, 2.45) is 17.6 Å². The number of carbonyl (C=O) groups is 1. The maximum atomic E-state index is 13.7. The molecule has 1 aliphatic heterocycles. The molecule has 1 aliphatic rings. The Morgan fingerprint density at radius 1 is 1.42 bits per heavy atom. The highest BCUT2D eigenvalue weighted by Crippen LogP contribution is 2.35. The van der Waals surface area contributed by atoms with E-state index in [0.29, 0.717) is 11.6 Å². The van der Waals surface area contributed by atoms with Gasteiger partial charge in [-0.05, 0) is 43.4 Å². The summed E-state index contributed by atoms with van der Waals surface area (Å²) in [5.41, 5.74) is 6.93. The number of aryl methyl sites for hydroxylation is 1. The van der Waals surface area contributed by atoms with E-state index in [1.807, 2.05) is 13.0 Å². The summed E-state index contributed by atoms with van der Waals surface area (Å²) in [4.78, 5) is 11.7. The van der Waals surface area contributed by atoms with Gasteiger partial charge in [0.1, 0.15) is 5.82 Å². The molecule has 1 heterocycles. The molecule has 104 valence electrons. The lowest BCUT2D eigenvalue weighted by atomic mass is 9.76. The minimum Gasteiger partial charge on any atom is -0.369 e. The van der Waals surface area contributed by atoms with Crippen molar-refractivity contribution in [3.05, 3.63) is 35.1 Å². The largest absolute Gasteiger partial charge is 0.369 e. The minimum absolute atomic E-state index is 0.197. The fraction of sp³-hybridized carbons (Fsp3) is 0.533. The summed E-state index contributed by atoms with van der Waals surface area (Å²) in [7, 11) is 0. The number of amides is 1. The van der Waals surface area contributed by atoms with E-state index >= 15 is 0 Å². The van der Waals surface area contributed by atoms with Crippen LogP contribution in [0.2, 0.25) is 0 Å². The Balaban J connectivity index is 2.37. The van der Waals surface area contributed by atoms with Crippen molar-refractivity contribution in [3.63, 3.8) is 0 Å². The molecule has 3 nitrogen and oxygen atoms in total. The van der Waals surface area contributed by atoms with Gasteiger partial charge in [0.05, 0.1) is 5.92 Å². The summed E-state index contributed by atoms with van der Waals surface area (Å²) in [5.74, 6) is -0.660. The molecule has 3 N–H and O–H groups in total. The zero-order valence-corrected chi connectivity index (χ0v) is 11.6. The third-order valence-corrected chi connectivity index (χ3v) is 4.05. The number of nitrogens with two attached hydrogens (primary N) is 1. The first-order valence-electron chi connectivity index (χ1n) is 6.71. The molecule has 0 aromatic heterocycles. The molecule has 1 amide bonds. The average molecular weight is 264 g/mol. The van der Waals surface area contributed by atoms with Gasteiger partial charge in [-0.15, -0.1) is 0 Å². The lowest BCUT2D eigenvalue weighted by Gasteiger charge is -2.39. The fourth-order valence-electron chi connectivity index (χ4n) is 3.06. The van der Waals surface area contributed by atoms with E-state index in [4.69, 9.17) is 5.73 Å². The number of piperidine rings is 1. The molecular weight excluding hydrogens is 243 g/mol. The Morgan fingerprint density at radius 3 is 2.68 bits per heavy atom. The number of primary amides is 1. The van der Waals surface area contributed by atoms with Gasteiger partial charge in [0.2, 0.25) is 5.91 Å². The van der Waals surface area contributed by atoms with Crippen LogP contribution in [0.1, 0.15) is 37.4 Å². The van der Waals surface area contributed by atoms with Crippen LogP contribution in [0.4, 0.5) is 4.39 Å². The standard InChI is InChI=1S/C15H21FN2O/c1-8-4-5-11(7-12(8)16)14-13(15(17)19)9(2)6-10(3)18-14/h4-5,7,9-10,13-14,18H,6H2,1-3H3,(H2,17,19). The monoisotopic (exact) mass is 264 g/mol. The number of halogens is 1. The molecule has 0 spiro atoms. The second kappa shape index (κ2) is 5.29. The SMILES string of the molecule is Cc1ccc(C2NC(C)CC(C)C2C(N)=O)cc1F. The predicted molar refractivity (Wildman–Crippen MR) is 72.9 cm³/mol. The van der Waals surface area contributed by atoms with E-state index < -0.39 is 0 Å². The van der Waals surface area contributed by atoms with Gasteiger partial charge in [0.25, 0.3) is 0 Å². The van der Waals surface area contributed by atoms with E-state index in [1.54, 1.807) is 13.0 Å². The van der Waals surface area contributed by atoms with Crippen molar-refractivity contribution in [1.29, 1.82) is 0 Å². The van der Waals surface area contributed by atoms with Crippen LogP contribution >= 0.6 is 0 Å². The second-order valence-electron chi connectivity index (χ2n) is 5.70. The molecule has 2 rings (SSSR count). The van der Waals surface area contributed by atoms with Gasteiger partial charge in [-0.1, -0.05) is 19.1 Å². The topological polar surface area (TPSA) is 55.1 Å². The number of hydrogen-bond acceptors (Lipinski definition) is 2. The predicted octanol–water partition coefficient (Wildman–Crippen LogP) is 2.29. The van der Waals surface area contributed by atoms with Crippen LogP contribution in [0.25, 0.3) is 0 Å². The van der Waals surface area contributed by atoms with E-state index in [-0.39, 0.29) is 29.6 Å². The number of nitrogens with one attached hydrogen (secondary N) is 1. The maximum absolute atomic E-state index is 13.7. The molecule has 1 aromatic rings. The number of hydrogen-bond donors (Lipinski definition) is 2. The van der Waals surface area contributed by atoms with Crippen LogP contribution in [0.3, 0.4) is 0 Å². The molecule has 0 bridgehead atoms. The van der Waals surface area contributed by atoms with Crippen LogP contribution in [0.15, 0.2) is 18.2 Å². The van der Waals surface area contributed by atoms with Crippen molar-refractivity contribution in [2.45, 2.75) is 39.3 Å². The van der Waals surface area contributed by atoms with E-state index in [1.165, 1.54) is 6.07 Å². The maximum Gasteiger partial charge on any atom is 0.222 e. The summed E-state index contributed by atoms with van der Waals surface area (Å²) in [6, 6.07) is 5.21. The summed E-state index contributed by atoms with van der Waals surface area (Å²) in [5, 5.41) is 3.37. The first-order valence-corrected chi connectivity index (χ1v) is 6.71. The van der Waals surface area contributed by atoms with Crippen LogP contribution in [-0.4, -0.2) is 11.9 Å². The number of benzene rings is 1. The van der Waals surface area contributed by atoms with E-state index in [0.717, 1.165) is 12.0 Å². The quantitative estimate of drug-likeness (QED) is 0.861. The van der Waals surface area contributed by atoms with Gasteiger partial charge in [-0.3, -0.25) is 4.79 Å². The number of carbonyl (C=O) groups excluding carboxylic acids is 1. The molecular formula is C15H21FN2O. The second-order valence-corrected chi connectivity index (χ2v) is 5.70. The Bertz CT molecular complexity index is 489. The third kappa shape index (κ3) is 2.78. The Kier molecular flexibility index (Phi) is 3.90. The normalized spacial score (nSPS) is 31.2. The van der Waals surface area contributed by atoms with E-state index in [9.17, 15) is 9.18 Å². The zero-order valence-electron chi connectivity index (χ0n) is 11.6. The Labute approximate surface area is 113 Å². The molecule has 4 heteroatoms. The van der Waals surface area contributed by atoms with Gasteiger partial charge in [-0.2, -0.15) is 0 Å². The van der Waals surface area contributed by atoms with Gasteiger partial charge in [0, 0.05) is 12.1 Å². The Hall–Kier alpha value is -1.42. The minimum atomic E-state index is -0.321. The van der Waals surface area contributed by atoms with Gasteiger partial charge in [0.15, 0.2) is 0 Å². The van der Waals surface area contributed by atoms with Gasteiger partial charge in [-0.25, -0.2) is 4.39 Å². The van der Waals surface area contributed by atoms with Crippen molar-refractivity contribution in [2.75, 3.05) is 0 Å². The summed E-state index contributed by atoms with van der Waals surface area (Å²) in [6.45, 7) is 5.83. The lowest BCUT2D eigenvalue weighted by Crippen LogP contribution is -2.49. The third-order valence-electron chi connectivity index (χ3n) is 4.05. The fourth-order valence-corrected chi connectivity index (χ4v) is 3.06. The van der Waals surface area contributed by atoms with Gasteiger partial charge >= 0.3 is 0 Å². The molecule has 4 unspecified atom stereocenters. The van der Waals surface area contributed by atoms with Crippen molar-refractivity contribution in [1.82, 2.24) is 5.32 Å². The summed E-state index contributed by atoms with van der Waals surface area (Å²) >= 11 is 0. The molecule has 0 radical (unpaired) electrons. The molecule has 0 aliphatic carbocycles. The highest BCUT2D eigenvalue weighted by Gasteiger charge is 2.38. The summed E-state index contributed by atoms with van der Waals surface area (Å²) in [6.07, 6.45) is 0.901. The molecule has 1 aromatic carbocycles. The van der Waals surface area contributed by atoms with E-state index in [2.05, 4.69) is 12.2 Å². The lowest BCUT2D eigenvalue weighted by molar-refractivity contribution is -0.125. The van der Waals surface area contributed by atoms with Gasteiger partial charge < -0.3 is 11.1 Å². The number of rotatable bonds is 2. The highest BCUT2D eigenvalue weighted by molar-refractivity contribution is 5.78. The molecule has 19 heavy (non-hydrogen) atoms. The highest BCUT2D eigenvalue weighted by atomic mass is 19.1. The van der Waals surface area contributed by atoms with Crippen LogP contribution in [0.5, 0.6) is 0 Å². The van der Waals surface area contributed by atoms with Crippen molar-refractivity contribution < 1.29 is 9.18 Å². The van der Waals surface area contributed by atoms with Crippen LogP contribution in [-0.2, 0) is 4.79 Å². The molecule has 0 saturated carbocycles. The zero-order chi connectivity index (χ0) is 14.2. The average Bonchev–Trinajstić information content (AvgIpc) is 2.31. The first-order chi connectivity index (χ1) is 8.90. The molecule has 1 fully saturated rings. The van der Waals surface area contributed by atoms with Crippen LogP contribution in [0, 0.1) is 24.6 Å². The molecule has 4 atom stereocenters. The van der Waals surface area contributed by atoms with Crippen LogP contribution < -0.4 is 11.1 Å². The molecule has 1 saturated heterocycles. The summed E-state index contributed by atoms with van der Waals surface area (Å²) < 4.78 is 13.7. The first kappa shape index (κ1) is 14.0.